The van der Waals surface area contributed by atoms with Crippen LogP contribution in [0.1, 0.15) is 46.6 Å². The molecule has 34 heavy (non-hydrogen) atoms. The summed E-state index contributed by atoms with van der Waals surface area (Å²) in [5.41, 5.74) is 0.318. The van der Waals surface area contributed by atoms with Crippen molar-refractivity contribution in [2.24, 2.45) is 0 Å². The summed E-state index contributed by atoms with van der Waals surface area (Å²) in [6, 6.07) is 11.3. The van der Waals surface area contributed by atoms with Crippen molar-refractivity contribution in [2.75, 3.05) is 13.7 Å². The van der Waals surface area contributed by atoms with Gasteiger partial charge >= 0.3 is 12.1 Å². The van der Waals surface area contributed by atoms with Gasteiger partial charge in [-0.2, -0.15) is 0 Å². The lowest BCUT2D eigenvalue weighted by molar-refractivity contribution is -0.150. The normalized spacial score (nSPS) is 14.1. The van der Waals surface area contributed by atoms with Crippen LogP contribution >= 0.6 is 11.6 Å². The van der Waals surface area contributed by atoms with Crippen LogP contribution in [0.25, 0.3) is 11.1 Å². The van der Waals surface area contributed by atoms with Crippen molar-refractivity contribution in [1.82, 2.24) is 10.6 Å². The third-order valence-corrected chi connectivity index (χ3v) is 5.56. The molecule has 6 nitrogen and oxygen atoms in total. The predicted molar refractivity (Wildman–Crippen MR) is 132 cm³/mol. The van der Waals surface area contributed by atoms with E-state index in [0.717, 1.165) is 5.56 Å². The van der Waals surface area contributed by atoms with E-state index in [1.54, 1.807) is 59.9 Å². The zero-order valence-electron chi connectivity index (χ0n) is 20.6. The minimum atomic E-state index is -1.01. The van der Waals surface area contributed by atoms with E-state index in [0.29, 0.717) is 22.6 Å². The van der Waals surface area contributed by atoms with Gasteiger partial charge in [0.25, 0.3) is 0 Å². The Balaban J connectivity index is 2.27. The van der Waals surface area contributed by atoms with Crippen LogP contribution in [0, 0.1) is 5.82 Å². The average Bonchev–Trinajstić information content (AvgIpc) is 2.74. The second-order valence-electron chi connectivity index (χ2n) is 9.38. The van der Waals surface area contributed by atoms with Gasteiger partial charge in [0.15, 0.2) is 0 Å². The molecule has 0 heterocycles. The maximum absolute atomic E-state index is 14.2. The third-order valence-electron chi connectivity index (χ3n) is 5.33. The van der Waals surface area contributed by atoms with Crippen LogP contribution < -0.4 is 10.6 Å². The first-order chi connectivity index (χ1) is 15.9. The number of rotatable bonds is 9. The maximum Gasteiger partial charge on any atom is 0.407 e. The number of amides is 1. The van der Waals surface area contributed by atoms with Crippen molar-refractivity contribution < 1.29 is 23.5 Å². The lowest BCUT2D eigenvalue weighted by Crippen LogP contribution is -2.54. The van der Waals surface area contributed by atoms with Crippen LogP contribution in [0.15, 0.2) is 42.5 Å². The fourth-order valence-electron chi connectivity index (χ4n) is 3.54. The van der Waals surface area contributed by atoms with E-state index < -0.39 is 29.2 Å². The smallest absolute Gasteiger partial charge is 0.407 e. The van der Waals surface area contributed by atoms with E-state index in [-0.39, 0.29) is 18.8 Å². The van der Waals surface area contributed by atoms with E-state index in [2.05, 4.69) is 10.6 Å². The molecule has 0 bridgehead atoms. The number of esters is 1. The van der Waals surface area contributed by atoms with Crippen LogP contribution in [0.5, 0.6) is 0 Å². The van der Waals surface area contributed by atoms with Crippen molar-refractivity contribution >= 4 is 23.7 Å². The first-order valence-electron chi connectivity index (χ1n) is 11.3. The van der Waals surface area contributed by atoms with Gasteiger partial charge < -0.3 is 20.1 Å². The summed E-state index contributed by atoms with van der Waals surface area (Å²) < 4.78 is 24.9. The van der Waals surface area contributed by atoms with Crippen molar-refractivity contribution in [3.63, 3.8) is 0 Å². The second-order valence-corrected chi connectivity index (χ2v) is 9.81. The largest absolute Gasteiger partial charge is 0.465 e. The van der Waals surface area contributed by atoms with Crippen molar-refractivity contribution in [3.05, 3.63) is 58.9 Å². The number of halogens is 2. The molecule has 186 valence electrons. The molecule has 2 N–H and O–H groups in total. The van der Waals surface area contributed by atoms with Crippen LogP contribution in [-0.2, 0) is 20.7 Å². The zero-order valence-corrected chi connectivity index (χ0v) is 21.4. The van der Waals surface area contributed by atoms with Gasteiger partial charge in [-0.15, -0.1) is 0 Å². The standard InChI is InChI=1S/C26H34ClFN2O4/c1-7-33-23(31)26(5,29-6)16-20(30-24(32)34-25(2,3)4)14-17-8-10-18(11-9-17)21-15-19(27)12-13-22(21)28/h8-13,15,20,29H,7,14,16H2,1-6H3,(H,30,32)/t20-,26?/m1/s1. The number of ether oxygens (including phenoxy) is 2. The van der Waals surface area contributed by atoms with E-state index in [1.165, 1.54) is 12.1 Å². The predicted octanol–water partition coefficient (Wildman–Crippen LogP) is 5.51. The molecule has 1 amide bonds. The van der Waals surface area contributed by atoms with Gasteiger partial charge in [0.05, 0.1) is 6.61 Å². The summed E-state index contributed by atoms with van der Waals surface area (Å²) in [6.07, 6.45) is 0.123. The zero-order chi connectivity index (χ0) is 25.5. The number of carbonyl (C=O) groups excluding carboxylic acids is 2. The Labute approximate surface area is 206 Å². The molecule has 8 heteroatoms. The van der Waals surface area contributed by atoms with Crippen LogP contribution in [-0.4, -0.2) is 42.9 Å². The molecular weight excluding hydrogens is 459 g/mol. The lowest BCUT2D eigenvalue weighted by atomic mass is 9.89. The van der Waals surface area contributed by atoms with Gasteiger partial charge in [-0.3, -0.25) is 4.79 Å². The number of hydrogen-bond acceptors (Lipinski definition) is 5. The van der Waals surface area contributed by atoms with Crippen molar-refractivity contribution in [2.45, 2.75) is 64.6 Å². The summed E-state index contributed by atoms with van der Waals surface area (Å²) in [5, 5.41) is 6.36. The molecule has 2 aromatic carbocycles. The second kappa shape index (κ2) is 11.7. The summed E-state index contributed by atoms with van der Waals surface area (Å²) in [5.74, 6) is -0.763. The SMILES string of the molecule is CCOC(=O)C(C)(C[C@@H](Cc1ccc(-c2cc(Cl)ccc2F)cc1)NC(=O)OC(C)(C)C)NC. The first-order valence-corrected chi connectivity index (χ1v) is 11.6. The minimum absolute atomic E-state index is 0.252. The molecular formula is C26H34ClFN2O4. The maximum atomic E-state index is 14.2. The molecule has 2 aromatic rings. The molecule has 0 aliphatic rings. The highest BCUT2D eigenvalue weighted by Gasteiger charge is 2.36. The molecule has 2 atom stereocenters. The molecule has 0 radical (unpaired) electrons. The minimum Gasteiger partial charge on any atom is -0.465 e. The Hall–Kier alpha value is -2.64. The third kappa shape index (κ3) is 7.99. The number of carbonyl (C=O) groups is 2. The monoisotopic (exact) mass is 492 g/mol. The first kappa shape index (κ1) is 27.6. The summed E-state index contributed by atoms with van der Waals surface area (Å²) in [7, 11) is 1.68. The summed E-state index contributed by atoms with van der Waals surface area (Å²) >= 11 is 6.02. The summed E-state index contributed by atoms with van der Waals surface area (Å²) in [6.45, 7) is 9.08. The topological polar surface area (TPSA) is 76.7 Å². The van der Waals surface area contributed by atoms with E-state index in [1.807, 2.05) is 12.1 Å². The Kier molecular flexibility index (Phi) is 9.47. The summed E-state index contributed by atoms with van der Waals surface area (Å²) in [4.78, 5) is 25.1. The highest BCUT2D eigenvalue weighted by Crippen LogP contribution is 2.27. The highest BCUT2D eigenvalue weighted by molar-refractivity contribution is 6.30. The van der Waals surface area contributed by atoms with E-state index in [4.69, 9.17) is 21.1 Å². The van der Waals surface area contributed by atoms with Crippen molar-refractivity contribution in [3.8, 4) is 11.1 Å². The van der Waals surface area contributed by atoms with Gasteiger partial charge in [-0.25, -0.2) is 9.18 Å². The molecule has 0 aromatic heterocycles. The molecule has 1 unspecified atom stereocenters. The number of likely N-dealkylation sites (N-methyl/N-ethyl adjacent to an activating group) is 1. The number of alkyl carbamates (subject to hydrolysis) is 1. The number of hydrogen-bond donors (Lipinski definition) is 2. The molecule has 0 spiro atoms. The van der Waals surface area contributed by atoms with Gasteiger partial charge in [0.1, 0.15) is 17.0 Å². The van der Waals surface area contributed by atoms with Crippen LogP contribution in [0.3, 0.4) is 0 Å². The Morgan fingerprint density at radius 3 is 2.29 bits per heavy atom. The fourth-order valence-corrected chi connectivity index (χ4v) is 3.71. The average molecular weight is 493 g/mol. The molecule has 0 saturated carbocycles. The van der Waals surface area contributed by atoms with E-state index in [9.17, 15) is 14.0 Å². The Morgan fingerprint density at radius 2 is 1.74 bits per heavy atom. The number of benzene rings is 2. The van der Waals surface area contributed by atoms with Crippen LogP contribution in [0.4, 0.5) is 9.18 Å². The highest BCUT2D eigenvalue weighted by atomic mass is 35.5. The molecule has 0 saturated heterocycles. The quantitative estimate of drug-likeness (QED) is 0.451. The lowest BCUT2D eigenvalue weighted by Gasteiger charge is -2.32. The van der Waals surface area contributed by atoms with E-state index >= 15 is 0 Å². The van der Waals surface area contributed by atoms with Crippen LogP contribution in [0.2, 0.25) is 5.02 Å². The van der Waals surface area contributed by atoms with Gasteiger partial charge in [0, 0.05) is 16.6 Å². The molecule has 0 aliphatic heterocycles. The van der Waals surface area contributed by atoms with Gasteiger partial charge in [0.2, 0.25) is 0 Å². The molecule has 0 fully saturated rings. The molecule has 0 aliphatic carbocycles. The Bertz CT molecular complexity index is 991. The number of nitrogens with one attached hydrogen (secondary N) is 2. The fraction of sp³-hybridized carbons (Fsp3) is 0.462. The Morgan fingerprint density at radius 1 is 1.09 bits per heavy atom. The van der Waals surface area contributed by atoms with Gasteiger partial charge in [-0.05, 0) is 83.8 Å². The molecule has 2 rings (SSSR count). The van der Waals surface area contributed by atoms with Crippen molar-refractivity contribution in [1.29, 1.82) is 0 Å². The van der Waals surface area contributed by atoms with Gasteiger partial charge in [-0.1, -0.05) is 35.9 Å².